The standard InChI is InChI=1S/C18H22N2O/c1-12(2)18(21)20-17(16-6-5-9-19-11-16)15-8-7-13(3)14(4)10-15/h5-12,17H,1-4H3,(H,20,21). The van der Waals surface area contributed by atoms with Crippen molar-refractivity contribution in [1.82, 2.24) is 10.3 Å². The molecular formula is C18H22N2O. The predicted molar refractivity (Wildman–Crippen MR) is 85.0 cm³/mol. The van der Waals surface area contributed by atoms with E-state index in [0.717, 1.165) is 11.1 Å². The quantitative estimate of drug-likeness (QED) is 0.931. The molecule has 0 saturated heterocycles. The van der Waals surface area contributed by atoms with Crippen molar-refractivity contribution in [3.05, 3.63) is 65.0 Å². The van der Waals surface area contributed by atoms with Gasteiger partial charge in [0.05, 0.1) is 6.04 Å². The van der Waals surface area contributed by atoms with Crippen LogP contribution in [0.3, 0.4) is 0 Å². The first-order valence-electron chi connectivity index (χ1n) is 7.26. The summed E-state index contributed by atoms with van der Waals surface area (Å²) >= 11 is 0. The molecule has 1 N–H and O–H groups in total. The molecule has 1 aromatic heterocycles. The van der Waals surface area contributed by atoms with Gasteiger partial charge in [-0.05, 0) is 42.2 Å². The smallest absolute Gasteiger partial charge is 0.223 e. The molecule has 1 heterocycles. The monoisotopic (exact) mass is 282 g/mol. The van der Waals surface area contributed by atoms with Gasteiger partial charge in [0.2, 0.25) is 5.91 Å². The van der Waals surface area contributed by atoms with E-state index in [0.29, 0.717) is 0 Å². The van der Waals surface area contributed by atoms with Crippen LogP contribution < -0.4 is 5.32 Å². The normalized spacial score (nSPS) is 12.2. The van der Waals surface area contributed by atoms with E-state index in [9.17, 15) is 4.79 Å². The van der Waals surface area contributed by atoms with E-state index in [-0.39, 0.29) is 17.9 Å². The summed E-state index contributed by atoms with van der Waals surface area (Å²) in [5.74, 6) is -0.00204. The molecule has 1 unspecified atom stereocenters. The van der Waals surface area contributed by atoms with E-state index in [1.165, 1.54) is 11.1 Å². The molecule has 2 rings (SSSR count). The highest BCUT2D eigenvalue weighted by Gasteiger charge is 2.19. The second-order valence-corrected chi connectivity index (χ2v) is 5.73. The molecule has 1 amide bonds. The molecule has 21 heavy (non-hydrogen) atoms. The largest absolute Gasteiger partial charge is 0.345 e. The van der Waals surface area contributed by atoms with Crippen molar-refractivity contribution in [3.63, 3.8) is 0 Å². The SMILES string of the molecule is Cc1ccc(C(NC(=O)C(C)C)c2cccnc2)cc1C. The average molecular weight is 282 g/mol. The molecule has 0 bridgehead atoms. The van der Waals surface area contributed by atoms with Gasteiger partial charge in [-0.1, -0.05) is 38.1 Å². The van der Waals surface area contributed by atoms with Crippen molar-refractivity contribution in [3.8, 4) is 0 Å². The fraction of sp³-hybridized carbons (Fsp3) is 0.333. The zero-order valence-corrected chi connectivity index (χ0v) is 13.1. The molecule has 1 atom stereocenters. The van der Waals surface area contributed by atoms with Crippen molar-refractivity contribution in [2.75, 3.05) is 0 Å². The van der Waals surface area contributed by atoms with E-state index in [4.69, 9.17) is 0 Å². The third-order valence-electron chi connectivity index (χ3n) is 3.69. The minimum absolute atomic E-state index is 0.0436. The average Bonchev–Trinajstić information content (AvgIpc) is 2.48. The molecule has 0 aliphatic heterocycles. The summed E-state index contributed by atoms with van der Waals surface area (Å²) in [6.45, 7) is 7.97. The second-order valence-electron chi connectivity index (χ2n) is 5.73. The van der Waals surface area contributed by atoms with Gasteiger partial charge in [0, 0.05) is 18.3 Å². The van der Waals surface area contributed by atoms with Gasteiger partial charge in [0.1, 0.15) is 0 Å². The summed E-state index contributed by atoms with van der Waals surface area (Å²) in [4.78, 5) is 16.3. The molecule has 1 aromatic carbocycles. The topological polar surface area (TPSA) is 42.0 Å². The highest BCUT2D eigenvalue weighted by molar-refractivity contribution is 5.78. The molecule has 110 valence electrons. The summed E-state index contributed by atoms with van der Waals surface area (Å²) in [6, 6.07) is 10.0. The van der Waals surface area contributed by atoms with Gasteiger partial charge < -0.3 is 5.32 Å². The number of amides is 1. The Hall–Kier alpha value is -2.16. The number of benzene rings is 1. The fourth-order valence-electron chi connectivity index (χ4n) is 2.16. The number of rotatable bonds is 4. The molecule has 0 aliphatic carbocycles. The Balaban J connectivity index is 2.40. The highest BCUT2D eigenvalue weighted by Crippen LogP contribution is 2.24. The van der Waals surface area contributed by atoms with E-state index >= 15 is 0 Å². The van der Waals surface area contributed by atoms with Crippen LogP contribution in [0.25, 0.3) is 0 Å². The number of carbonyl (C=O) groups is 1. The Morgan fingerprint density at radius 2 is 1.86 bits per heavy atom. The fourth-order valence-corrected chi connectivity index (χ4v) is 2.16. The summed E-state index contributed by atoms with van der Waals surface area (Å²) in [5.41, 5.74) is 4.55. The van der Waals surface area contributed by atoms with Crippen LogP contribution in [0.15, 0.2) is 42.7 Å². The zero-order chi connectivity index (χ0) is 15.4. The maximum Gasteiger partial charge on any atom is 0.223 e. The van der Waals surface area contributed by atoms with Crippen molar-refractivity contribution < 1.29 is 4.79 Å². The molecule has 0 spiro atoms. The van der Waals surface area contributed by atoms with Crippen LogP contribution >= 0.6 is 0 Å². The molecular weight excluding hydrogens is 260 g/mol. The van der Waals surface area contributed by atoms with Crippen molar-refractivity contribution >= 4 is 5.91 Å². The lowest BCUT2D eigenvalue weighted by Gasteiger charge is -2.21. The molecule has 3 nitrogen and oxygen atoms in total. The summed E-state index contributed by atoms with van der Waals surface area (Å²) in [5, 5.41) is 3.12. The van der Waals surface area contributed by atoms with Crippen molar-refractivity contribution in [2.24, 2.45) is 5.92 Å². The Bertz CT molecular complexity index is 620. The first kappa shape index (κ1) is 15.2. The minimum Gasteiger partial charge on any atom is -0.345 e. The molecule has 0 saturated carbocycles. The van der Waals surface area contributed by atoms with E-state index in [1.807, 2.05) is 26.0 Å². The summed E-state index contributed by atoms with van der Waals surface area (Å²) < 4.78 is 0. The van der Waals surface area contributed by atoms with Crippen molar-refractivity contribution in [1.29, 1.82) is 0 Å². The third kappa shape index (κ3) is 3.69. The van der Waals surface area contributed by atoms with Crippen LogP contribution in [0, 0.1) is 19.8 Å². The Labute approximate surface area is 126 Å². The lowest BCUT2D eigenvalue weighted by atomic mass is 9.96. The summed E-state index contributed by atoms with van der Waals surface area (Å²) in [6.07, 6.45) is 3.55. The van der Waals surface area contributed by atoms with E-state index in [2.05, 4.69) is 42.3 Å². The number of nitrogens with one attached hydrogen (secondary N) is 1. The first-order valence-corrected chi connectivity index (χ1v) is 7.26. The van der Waals surface area contributed by atoms with E-state index < -0.39 is 0 Å². The lowest BCUT2D eigenvalue weighted by molar-refractivity contribution is -0.124. The van der Waals surface area contributed by atoms with Crippen LogP contribution in [0.1, 0.15) is 42.1 Å². The maximum absolute atomic E-state index is 12.1. The number of nitrogens with zero attached hydrogens (tertiary/aromatic N) is 1. The number of aryl methyl sites for hydroxylation is 2. The lowest BCUT2D eigenvalue weighted by Crippen LogP contribution is -2.32. The second kappa shape index (κ2) is 6.53. The summed E-state index contributed by atoms with van der Waals surface area (Å²) in [7, 11) is 0. The molecule has 3 heteroatoms. The van der Waals surface area contributed by atoms with Gasteiger partial charge in [-0.25, -0.2) is 0 Å². The molecule has 0 aliphatic rings. The molecule has 0 radical (unpaired) electrons. The Morgan fingerprint density at radius 1 is 1.10 bits per heavy atom. The molecule has 0 fully saturated rings. The molecule has 2 aromatic rings. The predicted octanol–water partition coefficient (Wildman–Crippen LogP) is 3.56. The number of aromatic nitrogens is 1. The Kier molecular flexibility index (Phi) is 4.73. The van der Waals surface area contributed by atoms with Crippen LogP contribution in [0.4, 0.5) is 0 Å². The first-order chi connectivity index (χ1) is 9.99. The van der Waals surface area contributed by atoms with Crippen molar-refractivity contribution in [2.45, 2.75) is 33.7 Å². The van der Waals surface area contributed by atoms with Gasteiger partial charge >= 0.3 is 0 Å². The van der Waals surface area contributed by atoms with E-state index in [1.54, 1.807) is 12.4 Å². The number of hydrogen-bond acceptors (Lipinski definition) is 2. The van der Waals surface area contributed by atoms with Gasteiger partial charge in [-0.3, -0.25) is 9.78 Å². The van der Waals surface area contributed by atoms with Crippen LogP contribution in [0.5, 0.6) is 0 Å². The minimum atomic E-state index is -0.159. The highest BCUT2D eigenvalue weighted by atomic mass is 16.1. The van der Waals surface area contributed by atoms with Gasteiger partial charge in [-0.15, -0.1) is 0 Å². The van der Waals surface area contributed by atoms with Crippen LogP contribution in [0.2, 0.25) is 0 Å². The van der Waals surface area contributed by atoms with Gasteiger partial charge in [-0.2, -0.15) is 0 Å². The Morgan fingerprint density at radius 3 is 2.43 bits per heavy atom. The van der Waals surface area contributed by atoms with Crippen LogP contribution in [-0.4, -0.2) is 10.9 Å². The number of carbonyl (C=O) groups excluding carboxylic acids is 1. The number of pyridine rings is 1. The van der Waals surface area contributed by atoms with Gasteiger partial charge in [0.25, 0.3) is 0 Å². The number of hydrogen-bond donors (Lipinski definition) is 1. The third-order valence-corrected chi connectivity index (χ3v) is 3.69. The maximum atomic E-state index is 12.1. The zero-order valence-electron chi connectivity index (χ0n) is 13.1. The van der Waals surface area contributed by atoms with Crippen LogP contribution in [-0.2, 0) is 4.79 Å². The van der Waals surface area contributed by atoms with Gasteiger partial charge in [0.15, 0.2) is 0 Å².